The average Bonchev–Trinajstić information content (AvgIpc) is 2.67. The van der Waals surface area contributed by atoms with E-state index in [4.69, 9.17) is 0 Å². The summed E-state index contributed by atoms with van der Waals surface area (Å²) < 4.78 is 1.12. The molecule has 0 spiro atoms. The van der Waals surface area contributed by atoms with Gasteiger partial charge in [-0.1, -0.05) is 6.07 Å². The van der Waals surface area contributed by atoms with Gasteiger partial charge in [0, 0.05) is 38.5 Å². The average molecular weight is 380 g/mol. The SMILES string of the molecule is Cc1nc(NCCNC(=O)c2ccc(=O)n(C)n2)cc(Nc2ccccn2)n1. The molecule has 3 N–H and O–H groups in total. The maximum absolute atomic E-state index is 12.1. The van der Waals surface area contributed by atoms with E-state index in [9.17, 15) is 9.59 Å². The molecule has 3 aromatic heterocycles. The Bertz CT molecular complexity index is 1020. The van der Waals surface area contributed by atoms with Crippen molar-refractivity contribution in [2.24, 2.45) is 7.05 Å². The second-order valence-electron chi connectivity index (χ2n) is 5.89. The van der Waals surface area contributed by atoms with E-state index in [0.29, 0.717) is 36.4 Å². The number of carbonyl (C=O) groups excluding carboxylic acids is 1. The number of hydrogen-bond donors (Lipinski definition) is 3. The predicted octanol–water partition coefficient (Wildman–Crippen LogP) is 0.859. The molecule has 0 atom stereocenters. The number of rotatable bonds is 7. The van der Waals surface area contributed by atoms with Crippen LogP contribution in [-0.4, -0.2) is 43.7 Å². The van der Waals surface area contributed by atoms with Crippen molar-refractivity contribution < 1.29 is 4.79 Å². The van der Waals surface area contributed by atoms with E-state index in [1.807, 2.05) is 18.2 Å². The minimum atomic E-state index is -0.353. The highest BCUT2D eigenvalue weighted by molar-refractivity contribution is 5.91. The molecule has 0 aliphatic rings. The Morgan fingerprint density at radius 2 is 1.89 bits per heavy atom. The Morgan fingerprint density at radius 3 is 2.64 bits per heavy atom. The Labute approximate surface area is 161 Å². The molecule has 0 saturated heterocycles. The summed E-state index contributed by atoms with van der Waals surface area (Å²) >= 11 is 0. The number of nitrogens with zero attached hydrogens (tertiary/aromatic N) is 5. The van der Waals surface area contributed by atoms with Crippen LogP contribution in [0.15, 0.2) is 47.4 Å². The predicted molar refractivity (Wildman–Crippen MR) is 105 cm³/mol. The van der Waals surface area contributed by atoms with Crippen molar-refractivity contribution in [1.29, 1.82) is 0 Å². The molecule has 3 heterocycles. The fourth-order valence-corrected chi connectivity index (χ4v) is 2.37. The first-order valence-electron chi connectivity index (χ1n) is 8.61. The van der Waals surface area contributed by atoms with Gasteiger partial charge in [-0.05, 0) is 25.1 Å². The van der Waals surface area contributed by atoms with Crippen molar-refractivity contribution >= 4 is 23.4 Å². The molecule has 0 saturated carbocycles. The molecule has 0 fully saturated rings. The fourth-order valence-electron chi connectivity index (χ4n) is 2.37. The molecule has 144 valence electrons. The lowest BCUT2D eigenvalue weighted by molar-refractivity contribution is 0.0948. The van der Waals surface area contributed by atoms with E-state index < -0.39 is 0 Å². The summed E-state index contributed by atoms with van der Waals surface area (Å²) in [5.74, 6) is 2.17. The first-order chi connectivity index (χ1) is 13.5. The first kappa shape index (κ1) is 19.0. The maximum Gasteiger partial charge on any atom is 0.271 e. The number of nitrogens with one attached hydrogen (secondary N) is 3. The van der Waals surface area contributed by atoms with Gasteiger partial charge in [0.25, 0.3) is 11.5 Å². The number of aromatic nitrogens is 5. The molecule has 28 heavy (non-hydrogen) atoms. The summed E-state index contributed by atoms with van der Waals surface area (Å²) in [5.41, 5.74) is -0.0886. The normalized spacial score (nSPS) is 10.4. The summed E-state index contributed by atoms with van der Waals surface area (Å²) in [5, 5.41) is 12.9. The van der Waals surface area contributed by atoms with Gasteiger partial charge in [-0.15, -0.1) is 0 Å². The van der Waals surface area contributed by atoms with Crippen molar-refractivity contribution in [3.8, 4) is 0 Å². The molecule has 0 radical (unpaired) electrons. The van der Waals surface area contributed by atoms with Crippen molar-refractivity contribution in [1.82, 2.24) is 30.0 Å². The summed E-state index contributed by atoms with van der Waals surface area (Å²) in [7, 11) is 1.49. The van der Waals surface area contributed by atoms with Crippen LogP contribution in [0.4, 0.5) is 17.5 Å². The molecule has 10 nitrogen and oxygen atoms in total. The van der Waals surface area contributed by atoms with Crippen molar-refractivity contribution in [3.05, 3.63) is 64.5 Å². The van der Waals surface area contributed by atoms with Crippen molar-refractivity contribution in [2.75, 3.05) is 23.7 Å². The van der Waals surface area contributed by atoms with Gasteiger partial charge < -0.3 is 16.0 Å². The highest BCUT2D eigenvalue weighted by Crippen LogP contribution is 2.15. The zero-order valence-corrected chi connectivity index (χ0v) is 15.5. The Hall–Kier alpha value is -3.82. The van der Waals surface area contributed by atoms with Crippen LogP contribution < -0.4 is 21.5 Å². The molecule has 10 heteroatoms. The van der Waals surface area contributed by atoms with E-state index in [2.05, 4.69) is 36.0 Å². The van der Waals surface area contributed by atoms with E-state index >= 15 is 0 Å². The molecular weight excluding hydrogens is 360 g/mol. The molecule has 1 amide bonds. The Balaban J connectivity index is 1.53. The highest BCUT2D eigenvalue weighted by atomic mass is 16.2. The number of anilines is 3. The minimum Gasteiger partial charge on any atom is -0.368 e. The van der Waals surface area contributed by atoms with Gasteiger partial charge in [0.15, 0.2) is 0 Å². The molecule has 3 aromatic rings. The van der Waals surface area contributed by atoms with Gasteiger partial charge in [0.05, 0.1) is 0 Å². The van der Waals surface area contributed by atoms with Crippen LogP contribution >= 0.6 is 0 Å². The zero-order chi connectivity index (χ0) is 19.9. The largest absolute Gasteiger partial charge is 0.368 e. The summed E-state index contributed by atoms with van der Waals surface area (Å²) in [6, 6.07) is 10.0. The summed E-state index contributed by atoms with van der Waals surface area (Å²) in [6.07, 6.45) is 1.69. The van der Waals surface area contributed by atoms with E-state index in [1.165, 1.54) is 19.2 Å². The van der Waals surface area contributed by atoms with Gasteiger partial charge in [0.2, 0.25) is 0 Å². The van der Waals surface area contributed by atoms with Crippen molar-refractivity contribution in [3.63, 3.8) is 0 Å². The van der Waals surface area contributed by atoms with Crippen LogP contribution in [-0.2, 0) is 7.05 Å². The maximum atomic E-state index is 12.1. The van der Waals surface area contributed by atoms with Crippen LogP contribution in [0.25, 0.3) is 0 Å². The second kappa shape index (κ2) is 8.71. The topological polar surface area (TPSA) is 127 Å². The van der Waals surface area contributed by atoms with Crippen LogP contribution in [0, 0.1) is 6.92 Å². The van der Waals surface area contributed by atoms with Gasteiger partial charge >= 0.3 is 0 Å². The van der Waals surface area contributed by atoms with E-state index in [0.717, 1.165) is 4.68 Å². The minimum absolute atomic E-state index is 0.182. The van der Waals surface area contributed by atoms with Gasteiger partial charge in [-0.3, -0.25) is 9.59 Å². The van der Waals surface area contributed by atoms with E-state index in [1.54, 1.807) is 19.2 Å². The number of pyridine rings is 1. The molecule has 0 unspecified atom stereocenters. The monoisotopic (exact) mass is 380 g/mol. The standard InChI is InChI=1S/C18H20N8O2/c1-12-22-15(11-16(23-12)24-14-5-3-4-8-19-14)20-9-10-21-18(28)13-6-7-17(27)26(2)25-13/h3-8,11H,9-10H2,1-2H3,(H,21,28)(H2,19,20,22,23,24). The molecule has 0 aliphatic heterocycles. The number of aryl methyl sites for hydroxylation is 2. The highest BCUT2D eigenvalue weighted by Gasteiger charge is 2.08. The third kappa shape index (κ3) is 5.10. The lowest BCUT2D eigenvalue weighted by atomic mass is 10.3. The van der Waals surface area contributed by atoms with E-state index in [-0.39, 0.29) is 17.2 Å². The lowest BCUT2D eigenvalue weighted by Crippen LogP contribution is -2.31. The van der Waals surface area contributed by atoms with Crippen molar-refractivity contribution in [2.45, 2.75) is 6.92 Å². The molecule has 3 rings (SSSR count). The Kier molecular flexibility index (Phi) is 5.90. The van der Waals surface area contributed by atoms with Crippen LogP contribution in [0.5, 0.6) is 0 Å². The van der Waals surface area contributed by atoms with Crippen LogP contribution in [0.2, 0.25) is 0 Å². The third-order valence-electron chi connectivity index (χ3n) is 3.67. The third-order valence-corrected chi connectivity index (χ3v) is 3.67. The van der Waals surface area contributed by atoms with Crippen LogP contribution in [0.3, 0.4) is 0 Å². The number of hydrogen-bond acceptors (Lipinski definition) is 8. The molecular formula is C18H20N8O2. The smallest absolute Gasteiger partial charge is 0.271 e. The lowest BCUT2D eigenvalue weighted by Gasteiger charge is -2.10. The number of carbonyl (C=O) groups is 1. The fraction of sp³-hybridized carbons (Fsp3) is 0.222. The first-order valence-corrected chi connectivity index (χ1v) is 8.61. The van der Waals surface area contributed by atoms with Crippen LogP contribution in [0.1, 0.15) is 16.3 Å². The molecule has 0 bridgehead atoms. The van der Waals surface area contributed by atoms with Gasteiger partial charge in [-0.25, -0.2) is 19.6 Å². The molecule has 0 aliphatic carbocycles. The summed E-state index contributed by atoms with van der Waals surface area (Å²) in [6.45, 7) is 2.61. The zero-order valence-electron chi connectivity index (χ0n) is 15.5. The van der Waals surface area contributed by atoms with Gasteiger partial charge in [-0.2, -0.15) is 5.10 Å². The quantitative estimate of drug-likeness (QED) is 0.515. The summed E-state index contributed by atoms with van der Waals surface area (Å²) in [4.78, 5) is 36.3. The second-order valence-corrected chi connectivity index (χ2v) is 5.89. The Morgan fingerprint density at radius 1 is 1.07 bits per heavy atom. The number of amides is 1. The molecule has 0 aromatic carbocycles. The van der Waals surface area contributed by atoms with Gasteiger partial charge in [0.1, 0.15) is 29.0 Å².